The van der Waals surface area contributed by atoms with Crippen molar-refractivity contribution in [2.45, 2.75) is 6.92 Å². The molecule has 0 amide bonds. The monoisotopic (exact) mass is 198 g/mol. The lowest BCUT2D eigenvalue weighted by molar-refractivity contribution is 1.30. The maximum atomic E-state index is 8.89. The van der Waals surface area contributed by atoms with Crippen molar-refractivity contribution in [1.29, 1.82) is 5.26 Å². The number of rotatable bonds is 1. The highest BCUT2D eigenvalue weighted by atomic mass is 14.9. The molecule has 0 bridgehead atoms. The first-order chi connectivity index (χ1) is 7.24. The summed E-state index contributed by atoms with van der Waals surface area (Å²) in [6.45, 7) is 1.87. The molecule has 0 spiro atoms. The van der Waals surface area contributed by atoms with E-state index in [2.05, 4.69) is 16.0 Å². The lowest BCUT2D eigenvalue weighted by atomic mass is 10.1. The van der Waals surface area contributed by atoms with Gasteiger partial charge in [-0.3, -0.25) is 4.98 Å². The van der Waals surface area contributed by atoms with Gasteiger partial charge in [0, 0.05) is 18.0 Å². The maximum absolute atomic E-state index is 8.89. The second kappa shape index (κ2) is 3.46. The number of nitriles is 1. The highest BCUT2D eigenvalue weighted by Gasteiger charge is 2.12. The van der Waals surface area contributed by atoms with Crippen molar-refractivity contribution in [3.05, 3.63) is 35.7 Å². The summed E-state index contributed by atoms with van der Waals surface area (Å²) in [6, 6.07) is 5.85. The second-order valence-corrected chi connectivity index (χ2v) is 3.27. The first-order valence-corrected chi connectivity index (χ1v) is 4.52. The number of H-pyrrole nitrogens is 1. The number of aromatic nitrogens is 2. The minimum atomic E-state index is 0.411. The zero-order valence-electron chi connectivity index (χ0n) is 8.28. The van der Waals surface area contributed by atoms with Crippen LogP contribution in [0.5, 0.6) is 0 Å². The van der Waals surface area contributed by atoms with Gasteiger partial charge in [0.15, 0.2) is 0 Å². The molecule has 0 radical (unpaired) electrons. The summed E-state index contributed by atoms with van der Waals surface area (Å²) in [7, 11) is 0. The first kappa shape index (κ1) is 9.28. The van der Waals surface area contributed by atoms with Crippen molar-refractivity contribution < 1.29 is 0 Å². The van der Waals surface area contributed by atoms with Crippen molar-refractivity contribution >= 4 is 5.82 Å². The van der Waals surface area contributed by atoms with Crippen LogP contribution in [0.3, 0.4) is 0 Å². The Morgan fingerprint density at radius 1 is 1.53 bits per heavy atom. The van der Waals surface area contributed by atoms with E-state index in [1.54, 1.807) is 12.4 Å². The fraction of sp³-hybridized carbons (Fsp3) is 0.0909. The highest BCUT2D eigenvalue weighted by molar-refractivity contribution is 5.72. The summed E-state index contributed by atoms with van der Waals surface area (Å²) >= 11 is 0. The number of nitrogens with one attached hydrogen (secondary N) is 1. The number of hydrogen-bond donors (Lipinski definition) is 2. The van der Waals surface area contributed by atoms with Gasteiger partial charge in [0.05, 0.1) is 11.3 Å². The molecule has 4 nitrogen and oxygen atoms in total. The average Bonchev–Trinajstić information content (AvgIpc) is 2.55. The molecule has 2 aromatic heterocycles. The summed E-state index contributed by atoms with van der Waals surface area (Å²) in [5.74, 6) is 0.411. The van der Waals surface area contributed by atoms with Crippen LogP contribution in [0.25, 0.3) is 11.3 Å². The Hall–Kier alpha value is -2.28. The van der Waals surface area contributed by atoms with Gasteiger partial charge in [-0.2, -0.15) is 5.26 Å². The lowest BCUT2D eigenvalue weighted by Crippen LogP contribution is -1.87. The van der Waals surface area contributed by atoms with Gasteiger partial charge in [0.25, 0.3) is 0 Å². The van der Waals surface area contributed by atoms with Crippen LogP contribution < -0.4 is 5.73 Å². The molecular formula is C11H10N4. The van der Waals surface area contributed by atoms with Gasteiger partial charge in [-0.25, -0.2) is 0 Å². The number of nitrogens with zero attached hydrogens (tertiary/aromatic N) is 2. The van der Waals surface area contributed by atoms with Crippen LogP contribution >= 0.6 is 0 Å². The van der Waals surface area contributed by atoms with Gasteiger partial charge in [0.1, 0.15) is 11.9 Å². The number of nitrogens with two attached hydrogens (primary N) is 1. The number of nitrogen functional groups attached to an aromatic ring is 1. The van der Waals surface area contributed by atoms with Crippen molar-refractivity contribution in [3.63, 3.8) is 0 Å². The standard InChI is InChI=1S/C11H10N4/c1-7-9(5-12)11(13)15-10(7)8-3-2-4-14-6-8/h2-4,6,15H,13H2,1H3. The number of anilines is 1. The molecule has 0 aliphatic carbocycles. The van der Waals surface area contributed by atoms with Gasteiger partial charge in [-0.05, 0) is 24.6 Å². The quantitative estimate of drug-likeness (QED) is 0.733. The van der Waals surface area contributed by atoms with Gasteiger partial charge in [0.2, 0.25) is 0 Å². The summed E-state index contributed by atoms with van der Waals surface area (Å²) in [5, 5.41) is 8.89. The van der Waals surface area contributed by atoms with Crippen LogP contribution in [0.2, 0.25) is 0 Å². The van der Waals surface area contributed by atoms with Crippen LogP contribution in [0.4, 0.5) is 5.82 Å². The third-order valence-electron chi connectivity index (χ3n) is 2.34. The van der Waals surface area contributed by atoms with E-state index in [1.165, 1.54) is 0 Å². The predicted molar refractivity (Wildman–Crippen MR) is 57.9 cm³/mol. The summed E-state index contributed by atoms with van der Waals surface area (Å²) in [6.07, 6.45) is 3.44. The predicted octanol–water partition coefficient (Wildman–Crippen LogP) is 1.84. The Kier molecular flexibility index (Phi) is 2.14. The fourth-order valence-corrected chi connectivity index (χ4v) is 1.56. The first-order valence-electron chi connectivity index (χ1n) is 4.52. The molecular weight excluding hydrogens is 188 g/mol. The fourth-order valence-electron chi connectivity index (χ4n) is 1.56. The molecule has 0 atom stereocenters. The third kappa shape index (κ3) is 1.44. The van der Waals surface area contributed by atoms with Crippen LogP contribution in [-0.2, 0) is 0 Å². The smallest absolute Gasteiger partial charge is 0.119 e. The minimum Gasteiger partial charge on any atom is -0.384 e. The maximum Gasteiger partial charge on any atom is 0.119 e. The topological polar surface area (TPSA) is 78.5 Å². The number of pyridine rings is 1. The molecule has 2 aromatic rings. The van der Waals surface area contributed by atoms with Gasteiger partial charge in [-0.1, -0.05) is 0 Å². The van der Waals surface area contributed by atoms with E-state index in [9.17, 15) is 0 Å². The Labute approximate surface area is 87.4 Å². The molecule has 0 aliphatic rings. The van der Waals surface area contributed by atoms with E-state index < -0.39 is 0 Å². The van der Waals surface area contributed by atoms with Crippen LogP contribution in [0.15, 0.2) is 24.5 Å². The van der Waals surface area contributed by atoms with Gasteiger partial charge >= 0.3 is 0 Å². The molecule has 0 aliphatic heterocycles. The largest absolute Gasteiger partial charge is 0.384 e. The molecule has 15 heavy (non-hydrogen) atoms. The molecule has 0 saturated carbocycles. The molecule has 74 valence electrons. The third-order valence-corrected chi connectivity index (χ3v) is 2.34. The van der Waals surface area contributed by atoms with E-state index in [4.69, 9.17) is 11.0 Å². The molecule has 2 rings (SSSR count). The van der Waals surface area contributed by atoms with Crippen molar-refractivity contribution in [1.82, 2.24) is 9.97 Å². The lowest BCUT2D eigenvalue weighted by Gasteiger charge is -1.98. The van der Waals surface area contributed by atoms with E-state index in [0.717, 1.165) is 16.8 Å². The number of aromatic amines is 1. The SMILES string of the molecule is Cc1c(-c2cccnc2)[nH]c(N)c1C#N. The second-order valence-electron chi connectivity index (χ2n) is 3.27. The number of hydrogen-bond acceptors (Lipinski definition) is 3. The van der Waals surface area contributed by atoms with E-state index >= 15 is 0 Å². The van der Waals surface area contributed by atoms with E-state index in [-0.39, 0.29) is 0 Å². The Morgan fingerprint density at radius 2 is 2.33 bits per heavy atom. The van der Waals surface area contributed by atoms with E-state index in [0.29, 0.717) is 11.4 Å². The van der Waals surface area contributed by atoms with Gasteiger partial charge < -0.3 is 10.7 Å². The molecule has 3 N–H and O–H groups in total. The van der Waals surface area contributed by atoms with Crippen LogP contribution in [0.1, 0.15) is 11.1 Å². The van der Waals surface area contributed by atoms with Gasteiger partial charge in [-0.15, -0.1) is 0 Å². The molecule has 0 saturated heterocycles. The Bertz CT molecular complexity index is 520. The zero-order chi connectivity index (χ0) is 10.8. The van der Waals surface area contributed by atoms with Crippen molar-refractivity contribution in [2.24, 2.45) is 0 Å². The summed E-state index contributed by atoms with van der Waals surface area (Å²) in [4.78, 5) is 7.02. The van der Waals surface area contributed by atoms with Crippen LogP contribution in [0, 0.1) is 18.3 Å². The zero-order valence-corrected chi connectivity index (χ0v) is 8.28. The Balaban J connectivity index is 2.62. The minimum absolute atomic E-state index is 0.411. The summed E-state index contributed by atoms with van der Waals surface area (Å²) < 4.78 is 0. The van der Waals surface area contributed by atoms with Crippen LogP contribution in [-0.4, -0.2) is 9.97 Å². The molecule has 0 unspecified atom stereocenters. The normalized spacial score (nSPS) is 9.87. The average molecular weight is 198 g/mol. The molecule has 2 heterocycles. The Morgan fingerprint density at radius 3 is 2.87 bits per heavy atom. The molecule has 0 fully saturated rings. The summed E-state index contributed by atoms with van der Waals surface area (Å²) in [5.41, 5.74) is 8.86. The van der Waals surface area contributed by atoms with Crippen molar-refractivity contribution in [2.75, 3.05) is 5.73 Å². The van der Waals surface area contributed by atoms with E-state index in [1.807, 2.05) is 19.1 Å². The van der Waals surface area contributed by atoms with Crippen molar-refractivity contribution in [3.8, 4) is 17.3 Å². The highest BCUT2D eigenvalue weighted by Crippen LogP contribution is 2.27. The molecule has 4 heteroatoms. The molecule has 0 aromatic carbocycles.